The largest absolute Gasteiger partial charge is 0.489 e. The number of hydrogen-bond donors (Lipinski definition) is 2. The number of pyridine rings is 1. The summed E-state index contributed by atoms with van der Waals surface area (Å²) in [5, 5.41) is 12.6. The van der Waals surface area contributed by atoms with Gasteiger partial charge in [0.05, 0.1) is 24.6 Å². The van der Waals surface area contributed by atoms with Gasteiger partial charge in [0.15, 0.2) is 11.4 Å². The summed E-state index contributed by atoms with van der Waals surface area (Å²) in [4.78, 5) is 32.0. The smallest absolute Gasteiger partial charge is 0.391 e. The highest BCUT2D eigenvalue weighted by Crippen LogP contribution is 2.40. The van der Waals surface area contributed by atoms with E-state index in [-0.39, 0.29) is 62.3 Å². The Morgan fingerprint density at radius 2 is 1.81 bits per heavy atom. The lowest BCUT2D eigenvalue weighted by Crippen LogP contribution is -2.44. The number of amides is 2. The fraction of sp³-hybridized carbons (Fsp3) is 0.519. The number of ether oxygens (including phenoxy) is 1. The van der Waals surface area contributed by atoms with Gasteiger partial charge in [-0.3, -0.25) is 9.59 Å². The molecule has 0 unspecified atom stereocenters. The highest BCUT2D eigenvalue weighted by molar-refractivity contribution is 5.95. The Kier molecular flexibility index (Phi) is 8.68. The van der Waals surface area contributed by atoms with E-state index in [0.29, 0.717) is 13.0 Å². The van der Waals surface area contributed by atoms with Crippen LogP contribution < -0.4 is 10.1 Å². The van der Waals surface area contributed by atoms with Gasteiger partial charge < -0.3 is 20.1 Å². The molecule has 1 aromatic heterocycles. The molecule has 2 aromatic rings. The van der Waals surface area contributed by atoms with Crippen LogP contribution in [-0.4, -0.2) is 58.8 Å². The summed E-state index contributed by atoms with van der Waals surface area (Å²) in [6, 6.07) is 11.5. The number of carbonyl (C=O) groups is 2. The molecule has 1 aromatic carbocycles. The minimum atomic E-state index is -4.20. The van der Waals surface area contributed by atoms with Gasteiger partial charge in [0.2, 0.25) is 5.91 Å². The van der Waals surface area contributed by atoms with Crippen molar-refractivity contribution in [3.8, 4) is 5.75 Å². The molecule has 10 heteroatoms. The molecular weight excluding hydrogens is 487 g/mol. The molecule has 0 radical (unpaired) electrons. The molecule has 2 heterocycles. The van der Waals surface area contributed by atoms with Crippen LogP contribution in [0, 0.1) is 11.8 Å². The zero-order valence-corrected chi connectivity index (χ0v) is 20.5. The first-order valence-corrected chi connectivity index (χ1v) is 12.7. The summed E-state index contributed by atoms with van der Waals surface area (Å²) in [5.74, 6) is -2.07. The summed E-state index contributed by atoms with van der Waals surface area (Å²) >= 11 is 0. The van der Waals surface area contributed by atoms with Crippen molar-refractivity contribution in [3.05, 3.63) is 59.9 Å². The first kappa shape index (κ1) is 26.9. The number of aromatic nitrogens is 1. The quantitative estimate of drug-likeness (QED) is 0.543. The van der Waals surface area contributed by atoms with Crippen molar-refractivity contribution in [1.29, 1.82) is 0 Å². The van der Waals surface area contributed by atoms with Crippen LogP contribution in [0.3, 0.4) is 0 Å². The molecule has 2 N–H and O–H groups in total. The topological polar surface area (TPSA) is 91.8 Å². The van der Waals surface area contributed by atoms with Gasteiger partial charge in [0.25, 0.3) is 5.91 Å². The van der Waals surface area contributed by atoms with Gasteiger partial charge >= 0.3 is 6.18 Å². The molecule has 0 bridgehead atoms. The summed E-state index contributed by atoms with van der Waals surface area (Å²) < 4.78 is 45.0. The van der Waals surface area contributed by atoms with Crippen LogP contribution in [0.5, 0.6) is 5.75 Å². The lowest BCUT2D eigenvalue weighted by molar-refractivity contribution is -0.185. The average Bonchev–Trinajstić information content (AvgIpc) is 3.39. The Labute approximate surface area is 214 Å². The summed E-state index contributed by atoms with van der Waals surface area (Å²) in [5.41, 5.74) is 0.819. The molecule has 2 amide bonds. The van der Waals surface area contributed by atoms with E-state index in [9.17, 15) is 27.9 Å². The van der Waals surface area contributed by atoms with Crippen LogP contribution in [0.4, 0.5) is 13.2 Å². The number of nitrogens with one attached hydrogen (secondary N) is 1. The van der Waals surface area contributed by atoms with Gasteiger partial charge in [0.1, 0.15) is 6.61 Å². The van der Waals surface area contributed by atoms with Crippen LogP contribution in [0.25, 0.3) is 0 Å². The van der Waals surface area contributed by atoms with Crippen LogP contribution >= 0.6 is 0 Å². The Morgan fingerprint density at radius 1 is 1.08 bits per heavy atom. The number of benzene rings is 1. The molecule has 1 aliphatic carbocycles. The van der Waals surface area contributed by atoms with Crippen molar-refractivity contribution in [2.24, 2.45) is 11.8 Å². The number of halogens is 3. The van der Waals surface area contributed by atoms with Crippen molar-refractivity contribution in [3.63, 3.8) is 0 Å². The van der Waals surface area contributed by atoms with E-state index in [1.54, 1.807) is 29.2 Å². The molecule has 1 saturated heterocycles. The molecule has 1 saturated carbocycles. The maximum absolute atomic E-state index is 13.1. The number of rotatable bonds is 8. The third kappa shape index (κ3) is 6.60. The van der Waals surface area contributed by atoms with Crippen molar-refractivity contribution in [2.45, 2.75) is 56.8 Å². The highest BCUT2D eigenvalue weighted by atomic mass is 19.4. The second-order valence-corrected chi connectivity index (χ2v) is 9.70. The zero-order valence-electron chi connectivity index (χ0n) is 20.5. The predicted molar refractivity (Wildman–Crippen MR) is 130 cm³/mol. The van der Waals surface area contributed by atoms with Gasteiger partial charge in [-0.25, -0.2) is 4.98 Å². The predicted octanol–water partition coefficient (Wildman–Crippen LogP) is 4.28. The second kappa shape index (κ2) is 11.9. The maximum atomic E-state index is 13.1. The number of aliphatic hydroxyl groups excluding tert-OH is 1. The standard InChI is InChI=1S/C27H32F3N3O4/c28-27(29,30)20-12-10-19(11-13-20)26(36)33-15-5-8-21(33)17-37-23-9-4-14-31-24(23)25(35)32-22(16-34)18-6-2-1-3-7-18/h1-4,6-7,9,14,19-22,34H,5,8,10-13,15-17H2,(H,32,35)/t19?,20?,21-,22+/m1/s1. The van der Waals surface area contributed by atoms with E-state index in [0.717, 1.165) is 12.0 Å². The van der Waals surface area contributed by atoms with Crippen molar-refractivity contribution >= 4 is 11.8 Å². The molecule has 7 nitrogen and oxygen atoms in total. The molecule has 200 valence electrons. The van der Waals surface area contributed by atoms with E-state index in [4.69, 9.17) is 4.74 Å². The minimum absolute atomic E-state index is 0.0130. The third-order valence-corrected chi connectivity index (χ3v) is 7.31. The molecule has 0 spiro atoms. The Hall–Kier alpha value is -3.14. The number of hydrogen-bond acceptors (Lipinski definition) is 5. The normalized spacial score (nSPS) is 22.9. The zero-order chi connectivity index (χ0) is 26.4. The minimum Gasteiger partial charge on any atom is -0.489 e. The molecule has 4 rings (SSSR count). The fourth-order valence-corrected chi connectivity index (χ4v) is 5.21. The van der Waals surface area contributed by atoms with Gasteiger partial charge in [-0.2, -0.15) is 13.2 Å². The van der Waals surface area contributed by atoms with E-state index in [1.807, 2.05) is 18.2 Å². The molecule has 2 atom stereocenters. The Morgan fingerprint density at radius 3 is 2.49 bits per heavy atom. The Balaban J connectivity index is 1.36. The number of aliphatic hydroxyl groups is 1. The molecule has 2 fully saturated rings. The van der Waals surface area contributed by atoms with Crippen LogP contribution in [0.15, 0.2) is 48.7 Å². The fourth-order valence-electron chi connectivity index (χ4n) is 5.21. The number of nitrogens with zero attached hydrogens (tertiary/aromatic N) is 2. The molecular formula is C27H32F3N3O4. The van der Waals surface area contributed by atoms with E-state index in [2.05, 4.69) is 10.3 Å². The third-order valence-electron chi connectivity index (χ3n) is 7.31. The SMILES string of the molecule is O=C(N[C@@H](CO)c1ccccc1)c1ncccc1OC[C@H]1CCCN1C(=O)C1CCC(C(F)(F)F)CC1. The van der Waals surface area contributed by atoms with E-state index >= 15 is 0 Å². The lowest BCUT2D eigenvalue weighted by atomic mass is 9.81. The lowest BCUT2D eigenvalue weighted by Gasteiger charge is -2.33. The van der Waals surface area contributed by atoms with Crippen molar-refractivity contribution in [1.82, 2.24) is 15.2 Å². The van der Waals surface area contributed by atoms with Gasteiger partial charge in [-0.1, -0.05) is 30.3 Å². The van der Waals surface area contributed by atoms with Crippen LogP contribution in [0.2, 0.25) is 0 Å². The number of likely N-dealkylation sites (tertiary alicyclic amines) is 1. The van der Waals surface area contributed by atoms with Crippen molar-refractivity contribution in [2.75, 3.05) is 19.8 Å². The second-order valence-electron chi connectivity index (χ2n) is 9.70. The van der Waals surface area contributed by atoms with Gasteiger partial charge in [-0.05, 0) is 56.2 Å². The monoisotopic (exact) mass is 519 g/mol. The molecule has 2 aliphatic rings. The Bertz CT molecular complexity index is 1060. The molecule has 1 aliphatic heterocycles. The summed E-state index contributed by atoms with van der Waals surface area (Å²) in [6.07, 6.45) is -0.771. The first-order valence-electron chi connectivity index (χ1n) is 12.7. The first-order chi connectivity index (χ1) is 17.8. The summed E-state index contributed by atoms with van der Waals surface area (Å²) in [6.45, 7) is 0.405. The van der Waals surface area contributed by atoms with Crippen LogP contribution in [-0.2, 0) is 4.79 Å². The van der Waals surface area contributed by atoms with E-state index < -0.39 is 30.0 Å². The van der Waals surface area contributed by atoms with E-state index in [1.165, 1.54) is 6.20 Å². The van der Waals surface area contributed by atoms with Gasteiger partial charge in [0, 0.05) is 18.7 Å². The van der Waals surface area contributed by atoms with Crippen LogP contribution in [0.1, 0.15) is 60.6 Å². The highest BCUT2D eigenvalue weighted by Gasteiger charge is 2.44. The van der Waals surface area contributed by atoms with Crippen molar-refractivity contribution < 1.29 is 32.6 Å². The number of alkyl halides is 3. The number of carbonyl (C=O) groups excluding carboxylic acids is 2. The maximum Gasteiger partial charge on any atom is 0.391 e. The average molecular weight is 520 g/mol. The summed E-state index contributed by atoms with van der Waals surface area (Å²) in [7, 11) is 0. The van der Waals surface area contributed by atoms with Gasteiger partial charge in [-0.15, -0.1) is 0 Å². The molecule has 37 heavy (non-hydrogen) atoms.